The molecule has 0 bridgehead atoms. The SMILES string of the molecule is Fc1ccc(CN2CCOC[C@]3(CC[C@H](CN4CCCC4)O3)C2)cc1. The van der Waals surface area contributed by atoms with Crippen LogP contribution in [0.15, 0.2) is 24.3 Å². The molecule has 5 heteroatoms. The summed E-state index contributed by atoms with van der Waals surface area (Å²) in [5.74, 6) is -0.177. The quantitative estimate of drug-likeness (QED) is 0.835. The van der Waals surface area contributed by atoms with E-state index in [9.17, 15) is 4.39 Å². The zero-order chi connectivity index (χ0) is 17.1. The second kappa shape index (κ2) is 7.70. The summed E-state index contributed by atoms with van der Waals surface area (Å²) >= 11 is 0. The monoisotopic (exact) mass is 348 g/mol. The van der Waals surface area contributed by atoms with Gasteiger partial charge >= 0.3 is 0 Å². The Morgan fingerprint density at radius 2 is 1.88 bits per heavy atom. The van der Waals surface area contributed by atoms with Crippen molar-refractivity contribution >= 4 is 0 Å². The van der Waals surface area contributed by atoms with Crippen LogP contribution in [0.1, 0.15) is 31.2 Å². The average molecular weight is 348 g/mol. The number of ether oxygens (including phenoxy) is 2. The summed E-state index contributed by atoms with van der Waals surface area (Å²) in [5.41, 5.74) is 0.978. The molecule has 0 saturated carbocycles. The van der Waals surface area contributed by atoms with E-state index >= 15 is 0 Å². The molecule has 0 amide bonds. The van der Waals surface area contributed by atoms with Gasteiger partial charge in [-0.15, -0.1) is 0 Å². The van der Waals surface area contributed by atoms with Gasteiger partial charge in [0.25, 0.3) is 0 Å². The van der Waals surface area contributed by atoms with Crippen molar-refractivity contribution in [3.63, 3.8) is 0 Å². The molecule has 3 heterocycles. The first-order valence-electron chi connectivity index (χ1n) is 9.66. The lowest BCUT2D eigenvalue weighted by atomic mass is 9.99. The van der Waals surface area contributed by atoms with Gasteiger partial charge in [0.2, 0.25) is 0 Å². The molecule has 3 aliphatic heterocycles. The molecule has 0 N–H and O–H groups in total. The van der Waals surface area contributed by atoms with Crippen LogP contribution in [-0.4, -0.2) is 67.4 Å². The normalized spacial score (nSPS) is 31.6. The number of rotatable bonds is 4. The van der Waals surface area contributed by atoms with Gasteiger partial charge in [0, 0.05) is 26.2 Å². The maximum Gasteiger partial charge on any atom is 0.123 e. The number of nitrogens with zero attached hydrogens (tertiary/aromatic N) is 2. The van der Waals surface area contributed by atoms with Gasteiger partial charge in [-0.1, -0.05) is 12.1 Å². The highest BCUT2D eigenvalue weighted by Gasteiger charge is 2.43. The predicted molar refractivity (Wildman–Crippen MR) is 95.0 cm³/mol. The van der Waals surface area contributed by atoms with Gasteiger partial charge < -0.3 is 14.4 Å². The summed E-state index contributed by atoms with van der Waals surface area (Å²) in [6.07, 6.45) is 5.20. The van der Waals surface area contributed by atoms with Crippen LogP contribution in [0, 0.1) is 5.82 Å². The van der Waals surface area contributed by atoms with Crippen LogP contribution in [0.3, 0.4) is 0 Å². The second-order valence-corrected chi connectivity index (χ2v) is 7.86. The minimum atomic E-state index is -0.177. The lowest BCUT2D eigenvalue weighted by molar-refractivity contribution is -0.0913. The van der Waals surface area contributed by atoms with E-state index < -0.39 is 0 Å². The van der Waals surface area contributed by atoms with Gasteiger partial charge in [0.05, 0.1) is 19.3 Å². The molecular weight excluding hydrogens is 319 g/mol. The van der Waals surface area contributed by atoms with E-state index in [4.69, 9.17) is 9.47 Å². The second-order valence-electron chi connectivity index (χ2n) is 7.86. The third-order valence-electron chi connectivity index (χ3n) is 5.75. The molecule has 4 nitrogen and oxygen atoms in total. The molecular formula is C20H29FN2O2. The van der Waals surface area contributed by atoms with Crippen LogP contribution >= 0.6 is 0 Å². The summed E-state index contributed by atoms with van der Waals surface area (Å²) in [6.45, 7) is 7.58. The van der Waals surface area contributed by atoms with Crippen molar-refractivity contribution in [3.8, 4) is 0 Å². The van der Waals surface area contributed by atoms with Crippen molar-refractivity contribution in [2.24, 2.45) is 0 Å². The van der Waals surface area contributed by atoms with Gasteiger partial charge in [-0.2, -0.15) is 0 Å². The maximum absolute atomic E-state index is 13.1. The fourth-order valence-corrected chi connectivity index (χ4v) is 4.47. The lowest BCUT2D eigenvalue weighted by Gasteiger charge is -2.32. The Balaban J connectivity index is 1.36. The first kappa shape index (κ1) is 17.4. The molecule has 3 aliphatic rings. The van der Waals surface area contributed by atoms with E-state index in [1.54, 1.807) is 0 Å². The van der Waals surface area contributed by atoms with Crippen LogP contribution in [-0.2, 0) is 16.0 Å². The summed E-state index contributed by atoms with van der Waals surface area (Å²) in [5, 5.41) is 0. The smallest absolute Gasteiger partial charge is 0.123 e. The summed E-state index contributed by atoms with van der Waals surface area (Å²) in [4.78, 5) is 4.94. The Hall–Kier alpha value is -1.01. The summed E-state index contributed by atoms with van der Waals surface area (Å²) in [7, 11) is 0. The Morgan fingerprint density at radius 1 is 1.08 bits per heavy atom. The average Bonchev–Trinajstić information content (AvgIpc) is 3.20. The van der Waals surface area contributed by atoms with E-state index in [0.717, 1.165) is 51.2 Å². The van der Waals surface area contributed by atoms with Gasteiger partial charge in [-0.3, -0.25) is 4.90 Å². The molecule has 0 radical (unpaired) electrons. The minimum absolute atomic E-state index is 0.166. The summed E-state index contributed by atoms with van der Waals surface area (Å²) in [6, 6.07) is 6.83. The largest absolute Gasteiger partial charge is 0.377 e. The Morgan fingerprint density at radius 3 is 2.68 bits per heavy atom. The number of hydrogen-bond donors (Lipinski definition) is 0. The molecule has 3 fully saturated rings. The highest BCUT2D eigenvalue weighted by Crippen LogP contribution is 2.34. The van der Waals surface area contributed by atoms with Crippen molar-refractivity contribution < 1.29 is 13.9 Å². The van der Waals surface area contributed by atoms with Crippen LogP contribution < -0.4 is 0 Å². The first-order chi connectivity index (χ1) is 12.2. The van der Waals surface area contributed by atoms with Gasteiger partial charge in [-0.05, 0) is 56.5 Å². The predicted octanol–water partition coefficient (Wildman–Crippen LogP) is 2.67. The van der Waals surface area contributed by atoms with Crippen molar-refractivity contribution in [2.45, 2.75) is 43.9 Å². The minimum Gasteiger partial charge on any atom is -0.377 e. The molecule has 1 spiro atoms. The molecule has 0 unspecified atom stereocenters. The van der Waals surface area contributed by atoms with Crippen molar-refractivity contribution in [1.29, 1.82) is 0 Å². The molecule has 25 heavy (non-hydrogen) atoms. The summed E-state index contributed by atoms with van der Waals surface area (Å²) < 4.78 is 25.6. The third-order valence-corrected chi connectivity index (χ3v) is 5.75. The molecule has 0 aromatic heterocycles. The molecule has 1 aromatic rings. The van der Waals surface area contributed by atoms with Crippen LogP contribution in [0.4, 0.5) is 4.39 Å². The number of hydrogen-bond acceptors (Lipinski definition) is 4. The Kier molecular flexibility index (Phi) is 5.36. The first-order valence-corrected chi connectivity index (χ1v) is 9.66. The van der Waals surface area contributed by atoms with E-state index in [2.05, 4.69) is 9.80 Å². The van der Waals surface area contributed by atoms with Crippen molar-refractivity contribution in [1.82, 2.24) is 9.80 Å². The fourth-order valence-electron chi connectivity index (χ4n) is 4.47. The molecule has 138 valence electrons. The maximum atomic E-state index is 13.1. The Bertz CT molecular complexity index is 561. The van der Waals surface area contributed by atoms with E-state index in [0.29, 0.717) is 12.7 Å². The zero-order valence-corrected chi connectivity index (χ0v) is 15.0. The highest BCUT2D eigenvalue weighted by atomic mass is 19.1. The molecule has 4 rings (SSSR count). The number of benzene rings is 1. The van der Waals surface area contributed by atoms with Crippen LogP contribution in [0.25, 0.3) is 0 Å². The van der Waals surface area contributed by atoms with Crippen molar-refractivity contribution in [2.75, 3.05) is 45.9 Å². The Labute approximate surface area is 149 Å². The third kappa shape index (κ3) is 4.40. The molecule has 1 aromatic carbocycles. The van der Waals surface area contributed by atoms with E-state index in [1.165, 1.54) is 38.1 Å². The van der Waals surface area contributed by atoms with E-state index in [1.807, 2.05) is 12.1 Å². The number of likely N-dealkylation sites (tertiary alicyclic amines) is 1. The lowest BCUT2D eigenvalue weighted by Crippen LogP contribution is -2.45. The van der Waals surface area contributed by atoms with Crippen LogP contribution in [0.2, 0.25) is 0 Å². The van der Waals surface area contributed by atoms with Crippen LogP contribution in [0.5, 0.6) is 0 Å². The highest BCUT2D eigenvalue weighted by molar-refractivity contribution is 5.16. The van der Waals surface area contributed by atoms with Gasteiger partial charge in [-0.25, -0.2) is 4.39 Å². The van der Waals surface area contributed by atoms with E-state index in [-0.39, 0.29) is 11.4 Å². The van der Waals surface area contributed by atoms with Gasteiger partial charge in [0.1, 0.15) is 11.4 Å². The molecule has 3 saturated heterocycles. The molecule has 2 atom stereocenters. The fraction of sp³-hybridized carbons (Fsp3) is 0.700. The molecule has 0 aliphatic carbocycles. The standard InChI is InChI=1S/C20H29FN2O2/c21-18-5-3-17(4-6-18)13-23-11-12-24-16-20(15-23)8-7-19(25-20)14-22-9-1-2-10-22/h3-6,19H,1-2,7-16H2/t19-,20+/m1/s1. The number of halogens is 1. The van der Waals surface area contributed by atoms with Crippen molar-refractivity contribution in [3.05, 3.63) is 35.6 Å². The topological polar surface area (TPSA) is 24.9 Å². The van der Waals surface area contributed by atoms with Gasteiger partial charge in [0.15, 0.2) is 0 Å². The zero-order valence-electron chi connectivity index (χ0n) is 15.0.